The molecule has 0 unspecified atom stereocenters. The highest BCUT2D eigenvalue weighted by atomic mass is 16.5. The molecule has 0 aliphatic rings. The lowest BCUT2D eigenvalue weighted by molar-refractivity contribution is -0.123. The molecule has 0 rings (SSSR count). The van der Waals surface area contributed by atoms with Gasteiger partial charge in [-0.25, -0.2) is 0 Å². The number of aliphatic hydroxyl groups excluding tert-OH is 4. The van der Waals surface area contributed by atoms with Gasteiger partial charge in [0.05, 0.1) is 12.3 Å². The summed E-state index contributed by atoms with van der Waals surface area (Å²) in [5.74, 6) is -0.956. The van der Waals surface area contributed by atoms with Crippen LogP contribution in [0.5, 0.6) is 0 Å². The Morgan fingerprint density at radius 1 is 1.27 bits per heavy atom. The molecular weight excluding hydrogens is 208 g/mol. The molecule has 0 fully saturated rings. The average molecular weight is 220 g/mol. The summed E-state index contributed by atoms with van der Waals surface area (Å²) in [7, 11) is 0. The van der Waals surface area contributed by atoms with Gasteiger partial charge in [0.25, 0.3) is 6.47 Å². The Kier molecular flexibility index (Phi) is 5.64. The molecular formula is C7H12N2O6. The Hall–Kier alpha value is -1.35. The molecule has 86 valence electrons. The molecule has 0 radical (unpaired) electrons. The summed E-state index contributed by atoms with van der Waals surface area (Å²) >= 11 is 0. The monoisotopic (exact) mass is 220 g/mol. The second-order valence-corrected chi connectivity index (χ2v) is 2.64. The molecule has 3 atom stereocenters. The van der Waals surface area contributed by atoms with E-state index in [2.05, 4.69) is 4.74 Å². The highest BCUT2D eigenvalue weighted by molar-refractivity contribution is 5.89. The van der Waals surface area contributed by atoms with Gasteiger partial charge in [0.2, 0.25) is 5.90 Å². The number of carbonyl (C=O) groups excluding carboxylic acids is 1. The van der Waals surface area contributed by atoms with Gasteiger partial charge in [0.15, 0.2) is 6.10 Å². The summed E-state index contributed by atoms with van der Waals surface area (Å²) in [5, 5.41) is 49.8. The molecule has 0 aliphatic carbocycles. The number of hydrogen-bond donors (Lipinski definition) is 6. The fraction of sp³-hybridized carbons (Fsp3) is 0.571. The minimum atomic E-state index is -1.95. The fourth-order valence-corrected chi connectivity index (χ4v) is 0.749. The van der Waals surface area contributed by atoms with E-state index in [1.807, 2.05) is 0 Å². The fourth-order valence-electron chi connectivity index (χ4n) is 0.749. The molecule has 8 heteroatoms. The molecule has 0 bridgehead atoms. The van der Waals surface area contributed by atoms with Crippen molar-refractivity contribution in [2.24, 2.45) is 0 Å². The van der Waals surface area contributed by atoms with Crippen molar-refractivity contribution < 1.29 is 30.0 Å². The molecule has 15 heavy (non-hydrogen) atoms. The van der Waals surface area contributed by atoms with Crippen molar-refractivity contribution in [2.75, 3.05) is 6.61 Å². The predicted octanol–water partition coefficient (Wildman–Crippen LogP) is -2.77. The first kappa shape index (κ1) is 13.7. The number of ether oxygens (including phenoxy) is 1. The summed E-state index contributed by atoms with van der Waals surface area (Å²) in [5.41, 5.74) is -0.625. The van der Waals surface area contributed by atoms with E-state index in [4.69, 9.17) is 26.1 Å². The number of nitrogens with one attached hydrogen (secondary N) is 2. The number of hydrogen-bond acceptors (Lipinski definition) is 8. The van der Waals surface area contributed by atoms with E-state index < -0.39 is 36.5 Å². The lowest BCUT2D eigenvalue weighted by Gasteiger charge is -2.21. The van der Waals surface area contributed by atoms with Crippen LogP contribution in [0.15, 0.2) is 0 Å². The van der Waals surface area contributed by atoms with E-state index in [-0.39, 0.29) is 6.47 Å². The molecule has 0 aromatic carbocycles. The van der Waals surface area contributed by atoms with Gasteiger partial charge in [-0.15, -0.1) is 0 Å². The van der Waals surface area contributed by atoms with Crippen LogP contribution in [0.2, 0.25) is 0 Å². The zero-order chi connectivity index (χ0) is 12.0. The highest BCUT2D eigenvalue weighted by Gasteiger charge is 2.31. The minimum absolute atomic E-state index is 0.123. The van der Waals surface area contributed by atoms with Gasteiger partial charge in [-0.3, -0.25) is 10.2 Å². The SMILES string of the molecule is N=C(CO)[C@@H](O)[C@H](O)[C@@H](O)C(=N)OC=O. The molecule has 0 aromatic heterocycles. The van der Waals surface area contributed by atoms with Gasteiger partial charge in [0, 0.05) is 0 Å². The Morgan fingerprint density at radius 3 is 2.20 bits per heavy atom. The Morgan fingerprint density at radius 2 is 1.80 bits per heavy atom. The number of rotatable bonds is 6. The third-order valence-electron chi connectivity index (χ3n) is 1.62. The summed E-state index contributed by atoms with van der Waals surface area (Å²) < 4.78 is 3.94. The first-order valence-corrected chi connectivity index (χ1v) is 3.86. The maximum Gasteiger partial charge on any atom is 0.299 e. The third-order valence-corrected chi connectivity index (χ3v) is 1.62. The zero-order valence-electron chi connectivity index (χ0n) is 7.62. The van der Waals surface area contributed by atoms with Crippen molar-refractivity contribution in [1.29, 1.82) is 10.8 Å². The molecule has 0 amide bonds. The highest BCUT2D eigenvalue weighted by Crippen LogP contribution is 2.03. The van der Waals surface area contributed by atoms with Crippen molar-refractivity contribution in [1.82, 2.24) is 0 Å². The van der Waals surface area contributed by atoms with E-state index in [1.54, 1.807) is 0 Å². The second-order valence-electron chi connectivity index (χ2n) is 2.64. The van der Waals surface area contributed by atoms with E-state index in [0.717, 1.165) is 0 Å². The van der Waals surface area contributed by atoms with Crippen LogP contribution in [0.25, 0.3) is 0 Å². The maximum atomic E-state index is 9.80. The largest absolute Gasteiger partial charge is 0.411 e. The van der Waals surface area contributed by atoms with Crippen LogP contribution < -0.4 is 0 Å². The van der Waals surface area contributed by atoms with Crippen LogP contribution in [-0.2, 0) is 9.53 Å². The van der Waals surface area contributed by atoms with Gasteiger partial charge in [-0.1, -0.05) is 0 Å². The first-order valence-electron chi connectivity index (χ1n) is 3.86. The second kappa shape index (κ2) is 6.19. The van der Waals surface area contributed by atoms with Crippen LogP contribution in [0.4, 0.5) is 0 Å². The lowest BCUT2D eigenvalue weighted by atomic mass is 10.0. The van der Waals surface area contributed by atoms with E-state index in [9.17, 15) is 9.90 Å². The van der Waals surface area contributed by atoms with Gasteiger partial charge < -0.3 is 30.6 Å². The van der Waals surface area contributed by atoms with Gasteiger partial charge >= 0.3 is 0 Å². The van der Waals surface area contributed by atoms with Crippen molar-refractivity contribution in [3.05, 3.63) is 0 Å². The van der Waals surface area contributed by atoms with E-state index in [0.29, 0.717) is 0 Å². The van der Waals surface area contributed by atoms with Crippen LogP contribution in [0.3, 0.4) is 0 Å². The van der Waals surface area contributed by atoms with Gasteiger partial charge in [-0.05, 0) is 0 Å². The maximum absolute atomic E-state index is 9.80. The molecule has 6 N–H and O–H groups in total. The van der Waals surface area contributed by atoms with Crippen molar-refractivity contribution in [3.8, 4) is 0 Å². The topological polar surface area (TPSA) is 155 Å². The van der Waals surface area contributed by atoms with Crippen LogP contribution in [0, 0.1) is 10.8 Å². The van der Waals surface area contributed by atoms with E-state index in [1.165, 1.54) is 0 Å². The molecule has 0 saturated carbocycles. The summed E-state index contributed by atoms with van der Waals surface area (Å²) in [6.45, 7) is -0.922. The number of aliphatic hydroxyl groups is 4. The Bertz CT molecular complexity index is 256. The number of carbonyl (C=O) groups is 1. The third kappa shape index (κ3) is 3.72. The molecule has 0 aromatic rings. The van der Waals surface area contributed by atoms with Gasteiger partial charge in [0.1, 0.15) is 12.2 Å². The molecule has 0 aliphatic heterocycles. The first-order chi connectivity index (χ1) is 6.95. The molecule has 0 spiro atoms. The van der Waals surface area contributed by atoms with Crippen LogP contribution in [0.1, 0.15) is 0 Å². The Labute approximate surface area is 84.8 Å². The normalized spacial score (nSPS) is 16.3. The predicted molar refractivity (Wildman–Crippen MR) is 47.7 cm³/mol. The zero-order valence-corrected chi connectivity index (χ0v) is 7.62. The van der Waals surface area contributed by atoms with E-state index >= 15 is 0 Å². The lowest BCUT2D eigenvalue weighted by Crippen LogP contribution is -2.46. The quantitative estimate of drug-likeness (QED) is 0.162. The van der Waals surface area contributed by atoms with Crippen molar-refractivity contribution >= 4 is 18.1 Å². The summed E-state index contributed by atoms with van der Waals surface area (Å²) in [6, 6.07) is 0. The standard InChI is InChI=1S/C7H12N2O6/c8-3(1-10)4(12)5(13)6(14)7(9)15-2-11/h2,4-6,8-10,12-14H,1H2/t4-,5+,6-/m1/s1. The molecule has 8 nitrogen and oxygen atoms in total. The van der Waals surface area contributed by atoms with Gasteiger partial charge in [-0.2, -0.15) is 0 Å². The molecule has 0 heterocycles. The summed E-state index contributed by atoms with van der Waals surface area (Å²) in [6.07, 6.45) is -5.70. The Balaban J connectivity index is 4.42. The molecule has 0 saturated heterocycles. The summed E-state index contributed by atoms with van der Waals surface area (Å²) in [4.78, 5) is 9.80. The average Bonchev–Trinajstić information content (AvgIpc) is 2.25. The van der Waals surface area contributed by atoms with Crippen LogP contribution in [-0.4, -0.2) is 63.4 Å². The van der Waals surface area contributed by atoms with Crippen molar-refractivity contribution in [3.63, 3.8) is 0 Å². The smallest absolute Gasteiger partial charge is 0.299 e. The van der Waals surface area contributed by atoms with Crippen molar-refractivity contribution in [2.45, 2.75) is 18.3 Å². The minimum Gasteiger partial charge on any atom is -0.411 e. The van der Waals surface area contributed by atoms with Crippen LogP contribution >= 0.6 is 0 Å².